The Hall–Kier alpha value is -2.22. The fourth-order valence-corrected chi connectivity index (χ4v) is 1.98. The maximum absolute atomic E-state index is 5.83. The molecular weight excluding hydrogens is 258 g/mol. The normalized spacial score (nSPS) is 11.7. The van der Waals surface area contributed by atoms with Gasteiger partial charge in [0.05, 0.1) is 6.10 Å². The highest BCUT2D eigenvalue weighted by atomic mass is 16.5. The van der Waals surface area contributed by atoms with Gasteiger partial charge < -0.3 is 10.1 Å². The molecule has 1 unspecified atom stereocenters. The second kappa shape index (κ2) is 7.53. The molecule has 0 amide bonds. The third-order valence-corrected chi connectivity index (χ3v) is 3.43. The molecule has 0 radical (unpaired) electrons. The van der Waals surface area contributed by atoms with Crippen LogP contribution in [0, 0.1) is 0 Å². The van der Waals surface area contributed by atoms with Crippen molar-refractivity contribution in [3.8, 4) is 5.75 Å². The van der Waals surface area contributed by atoms with Crippen molar-refractivity contribution < 1.29 is 4.74 Å². The highest BCUT2D eigenvalue weighted by Gasteiger charge is 2.03. The topological polar surface area (TPSA) is 21.3 Å². The van der Waals surface area contributed by atoms with E-state index < -0.39 is 0 Å². The van der Waals surface area contributed by atoms with Gasteiger partial charge in [0.2, 0.25) is 0 Å². The lowest BCUT2D eigenvalue weighted by Gasteiger charge is -2.14. The Bertz CT molecular complexity index is 577. The van der Waals surface area contributed by atoms with Gasteiger partial charge in [-0.2, -0.15) is 0 Å². The Labute approximate surface area is 127 Å². The van der Waals surface area contributed by atoms with Crippen molar-refractivity contribution in [1.29, 1.82) is 0 Å². The maximum Gasteiger partial charge on any atom is 0.121 e. The summed E-state index contributed by atoms with van der Waals surface area (Å²) in [4.78, 5) is 0. The van der Waals surface area contributed by atoms with Crippen molar-refractivity contribution in [3.63, 3.8) is 0 Å². The molecular formula is C19H23NO. The Balaban J connectivity index is 1.94. The zero-order valence-electron chi connectivity index (χ0n) is 12.8. The van der Waals surface area contributed by atoms with Crippen LogP contribution in [0.25, 0.3) is 5.57 Å². The summed E-state index contributed by atoms with van der Waals surface area (Å²) in [5, 5.41) is 3.40. The van der Waals surface area contributed by atoms with Crippen LogP contribution >= 0.6 is 0 Å². The molecule has 0 spiro atoms. The van der Waals surface area contributed by atoms with Crippen LogP contribution < -0.4 is 10.1 Å². The van der Waals surface area contributed by atoms with E-state index in [2.05, 4.69) is 37.9 Å². The molecule has 0 aliphatic heterocycles. The van der Waals surface area contributed by atoms with Gasteiger partial charge in [0.1, 0.15) is 5.75 Å². The highest BCUT2D eigenvalue weighted by Crippen LogP contribution is 2.20. The predicted molar refractivity (Wildman–Crippen MR) is 90.8 cm³/mol. The summed E-state index contributed by atoms with van der Waals surface area (Å²) >= 11 is 0. The summed E-state index contributed by atoms with van der Waals surface area (Å²) in [5.74, 6) is 0.902. The first kappa shape index (κ1) is 15.2. The molecule has 1 N–H and O–H groups in total. The minimum Gasteiger partial charge on any atom is -0.491 e. The molecule has 2 aromatic carbocycles. The molecule has 0 fully saturated rings. The average molecular weight is 281 g/mol. The van der Waals surface area contributed by atoms with Crippen LogP contribution in [0.1, 0.15) is 25.8 Å². The van der Waals surface area contributed by atoms with Crippen molar-refractivity contribution in [2.45, 2.75) is 26.4 Å². The van der Waals surface area contributed by atoms with Crippen LogP contribution in [0.4, 0.5) is 5.69 Å². The second-order valence-corrected chi connectivity index (χ2v) is 5.19. The Morgan fingerprint density at radius 2 is 1.90 bits per heavy atom. The SMILES string of the molecule is C=C(CNc1cccc(OC(C)CC)c1)c1ccccc1. The molecule has 0 heterocycles. The van der Waals surface area contributed by atoms with E-state index in [9.17, 15) is 0 Å². The second-order valence-electron chi connectivity index (χ2n) is 5.19. The minimum atomic E-state index is 0.236. The molecule has 0 aliphatic carbocycles. The zero-order chi connectivity index (χ0) is 15.1. The summed E-state index contributed by atoms with van der Waals surface area (Å²) in [7, 11) is 0. The standard InChI is InChI=1S/C19H23NO/c1-4-16(3)21-19-12-8-11-18(13-19)20-14-15(2)17-9-6-5-7-10-17/h5-13,16,20H,2,4,14H2,1,3H3. The number of nitrogens with one attached hydrogen (secondary N) is 1. The molecule has 0 bridgehead atoms. The van der Waals surface area contributed by atoms with Crippen molar-refractivity contribution in [3.05, 3.63) is 66.7 Å². The molecule has 21 heavy (non-hydrogen) atoms. The van der Waals surface area contributed by atoms with Crippen LogP contribution in [-0.4, -0.2) is 12.6 Å². The predicted octanol–water partition coefficient (Wildman–Crippen LogP) is 4.99. The Morgan fingerprint density at radius 1 is 1.14 bits per heavy atom. The molecule has 0 saturated carbocycles. The van der Waals surface area contributed by atoms with E-state index in [0.29, 0.717) is 0 Å². The minimum absolute atomic E-state index is 0.236. The van der Waals surface area contributed by atoms with Gasteiger partial charge in [-0.05, 0) is 36.6 Å². The summed E-state index contributed by atoms with van der Waals surface area (Å²) < 4.78 is 5.83. The van der Waals surface area contributed by atoms with Crippen molar-refractivity contribution >= 4 is 11.3 Å². The van der Waals surface area contributed by atoms with Gasteiger partial charge >= 0.3 is 0 Å². The van der Waals surface area contributed by atoms with E-state index >= 15 is 0 Å². The molecule has 2 aromatic rings. The van der Waals surface area contributed by atoms with Gasteiger partial charge in [-0.3, -0.25) is 0 Å². The quantitative estimate of drug-likeness (QED) is 0.772. The Kier molecular flexibility index (Phi) is 5.44. The summed E-state index contributed by atoms with van der Waals surface area (Å²) in [5.41, 5.74) is 3.29. The maximum atomic E-state index is 5.83. The van der Waals surface area contributed by atoms with Crippen molar-refractivity contribution in [2.24, 2.45) is 0 Å². The van der Waals surface area contributed by atoms with E-state index in [4.69, 9.17) is 4.74 Å². The summed E-state index contributed by atoms with van der Waals surface area (Å²) in [6.45, 7) is 9.05. The largest absolute Gasteiger partial charge is 0.491 e. The van der Waals surface area contributed by atoms with E-state index in [1.54, 1.807) is 0 Å². The van der Waals surface area contributed by atoms with E-state index in [1.165, 1.54) is 0 Å². The summed E-state index contributed by atoms with van der Waals surface area (Å²) in [6.07, 6.45) is 1.24. The lowest BCUT2D eigenvalue weighted by Crippen LogP contribution is -2.10. The Morgan fingerprint density at radius 3 is 2.62 bits per heavy atom. The molecule has 1 atom stereocenters. The molecule has 0 saturated heterocycles. The third-order valence-electron chi connectivity index (χ3n) is 3.43. The van der Waals surface area contributed by atoms with Crippen LogP contribution in [0.15, 0.2) is 61.2 Å². The zero-order valence-corrected chi connectivity index (χ0v) is 12.8. The molecule has 2 rings (SSSR count). The molecule has 2 nitrogen and oxygen atoms in total. The molecule has 0 aromatic heterocycles. The van der Waals surface area contributed by atoms with E-state index in [1.807, 2.05) is 42.5 Å². The average Bonchev–Trinajstić information content (AvgIpc) is 2.53. The fourth-order valence-electron chi connectivity index (χ4n) is 1.98. The van der Waals surface area contributed by atoms with Gasteiger partial charge in [-0.1, -0.05) is 49.9 Å². The molecule has 110 valence electrons. The van der Waals surface area contributed by atoms with Crippen LogP contribution in [0.3, 0.4) is 0 Å². The number of hydrogen-bond acceptors (Lipinski definition) is 2. The van der Waals surface area contributed by atoms with Gasteiger partial charge in [-0.15, -0.1) is 0 Å². The van der Waals surface area contributed by atoms with Crippen molar-refractivity contribution in [1.82, 2.24) is 0 Å². The smallest absolute Gasteiger partial charge is 0.121 e. The number of benzene rings is 2. The monoisotopic (exact) mass is 281 g/mol. The van der Waals surface area contributed by atoms with E-state index in [-0.39, 0.29) is 6.10 Å². The van der Waals surface area contributed by atoms with Crippen LogP contribution in [0.5, 0.6) is 5.75 Å². The number of rotatable bonds is 7. The number of anilines is 1. The fraction of sp³-hybridized carbons (Fsp3) is 0.263. The van der Waals surface area contributed by atoms with Crippen molar-refractivity contribution in [2.75, 3.05) is 11.9 Å². The number of ether oxygens (including phenoxy) is 1. The lowest BCUT2D eigenvalue weighted by atomic mass is 10.1. The van der Waals surface area contributed by atoms with Crippen LogP contribution in [0.2, 0.25) is 0 Å². The first-order chi connectivity index (χ1) is 10.2. The van der Waals surface area contributed by atoms with Gasteiger partial charge in [-0.25, -0.2) is 0 Å². The van der Waals surface area contributed by atoms with Gasteiger partial charge in [0, 0.05) is 18.3 Å². The first-order valence-electron chi connectivity index (χ1n) is 7.43. The number of hydrogen-bond donors (Lipinski definition) is 1. The molecule has 0 aliphatic rings. The highest BCUT2D eigenvalue weighted by molar-refractivity contribution is 5.67. The molecule has 2 heteroatoms. The van der Waals surface area contributed by atoms with E-state index in [0.717, 1.165) is 35.5 Å². The van der Waals surface area contributed by atoms with Crippen LogP contribution in [-0.2, 0) is 0 Å². The first-order valence-corrected chi connectivity index (χ1v) is 7.43. The third kappa shape index (κ3) is 4.67. The van der Waals surface area contributed by atoms with Gasteiger partial charge in [0.15, 0.2) is 0 Å². The summed E-state index contributed by atoms with van der Waals surface area (Å²) in [6, 6.07) is 18.3. The van der Waals surface area contributed by atoms with Gasteiger partial charge in [0.25, 0.3) is 0 Å². The lowest BCUT2D eigenvalue weighted by molar-refractivity contribution is 0.217.